The van der Waals surface area contributed by atoms with Crippen molar-refractivity contribution < 1.29 is 23.8 Å². The molecule has 20 heavy (non-hydrogen) atoms. The monoisotopic (exact) mass is 280 g/mol. The van der Waals surface area contributed by atoms with Crippen LogP contribution in [0.1, 0.15) is 0 Å². The average Bonchev–Trinajstić information content (AvgIpc) is 2.31. The summed E-state index contributed by atoms with van der Waals surface area (Å²) in [7, 11) is 0. The highest BCUT2D eigenvalue weighted by Gasteiger charge is 2.09. The first-order chi connectivity index (χ1) is 9.44. The van der Waals surface area contributed by atoms with Crippen molar-refractivity contribution in [3.8, 4) is 11.5 Å². The highest BCUT2D eigenvalue weighted by Crippen LogP contribution is 2.24. The third-order valence-electron chi connectivity index (χ3n) is 2.34. The Balaban J connectivity index is 2.09. The number of carbonyl (C=O) groups excluding carboxylic acids is 1. The van der Waals surface area contributed by atoms with Crippen molar-refractivity contribution in [2.24, 2.45) is 0 Å². The number of hydrogen-bond acceptors (Lipinski definition) is 3. The number of nitrogens with one attached hydrogen (secondary N) is 2. The van der Waals surface area contributed by atoms with Crippen LogP contribution in [0.2, 0.25) is 0 Å². The lowest BCUT2D eigenvalue weighted by Crippen LogP contribution is -2.20. The van der Waals surface area contributed by atoms with E-state index < -0.39 is 17.7 Å². The number of carbonyl (C=O) groups is 1. The molecule has 0 fully saturated rings. The number of benzene rings is 2. The molecule has 0 saturated heterocycles. The fourth-order valence-corrected chi connectivity index (χ4v) is 1.54. The van der Waals surface area contributed by atoms with Crippen LogP contribution in [0.3, 0.4) is 0 Å². The van der Waals surface area contributed by atoms with Crippen LogP contribution in [-0.2, 0) is 0 Å². The molecule has 0 atom stereocenters. The van der Waals surface area contributed by atoms with Gasteiger partial charge in [-0.15, -0.1) is 0 Å². The second-order valence-corrected chi connectivity index (χ2v) is 3.94. The van der Waals surface area contributed by atoms with Gasteiger partial charge in [0, 0.05) is 30.0 Å². The van der Waals surface area contributed by atoms with Crippen LogP contribution < -0.4 is 10.6 Å². The predicted molar refractivity (Wildman–Crippen MR) is 68.8 cm³/mol. The molecule has 0 spiro atoms. The summed E-state index contributed by atoms with van der Waals surface area (Å²) >= 11 is 0. The Morgan fingerprint density at radius 2 is 1.60 bits per heavy atom. The van der Waals surface area contributed by atoms with Gasteiger partial charge in [0.05, 0.1) is 5.69 Å². The Bertz CT molecular complexity index is 642. The van der Waals surface area contributed by atoms with E-state index in [1.165, 1.54) is 12.1 Å². The van der Waals surface area contributed by atoms with E-state index >= 15 is 0 Å². The summed E-state index contributed by atoms with van der Waals surface area (Å²) in [5.74, 6) is -2.16. The van der Waals surface area contributed by atoms with Crippen molar-refractivity contribution in [1.82, 2.24) is 0 Å². The first-order valence-corrected chi connectivity index (χ1v) is 5.50. The lowest BCUT2D eigenvalue weighted by molar-refractivity contribution is 0.262. The number of rotatable bonds is 2. The quantitative estimate of drug-likeness (QED) is 0.682. The van der Waals surface area contributed by atoms with Crippen LogP contribution in [0.4, 0.5) is 25.0 Å². The van der Waals surface area contributed by atoms with E-state index in [2.05, 4.69) is 10.6 Å². The zero-order valence-electron chi connectivity index (χ0n) is 10.0. The lowest BCUT2D eigenvalue weighted by atomic mass is 10.3. The molecule has 0 aliphatic carbocycles. The molecule has 0 radical (unpaired) electrons. The van der Waals surface area contributed by atoms with Crippen molar-refractivity contribution >= 4 is 17.4 Å². The molecule has 7 heteroatoms. The highest BCUT2D eigenvalue weighted by molar-refractivity contribution is 6.00. The summed E-state index contributed by atoms with van der Waals surface area (Å²) in [6.45, 7) is 0. The molecular formula is C13H10F2N2O3. The number of hydrogen-bond donors (Lipinski definition) is 4. The van der Waals surface area contributed by atoms with Crippen molar-refractivity contribution in [2.75, 3.05) is 10.6 Å². The maximum Gasteiger partial charge on any atom is 0.323 e. The minimum atomic E-state index is -0.918. The Morgan fingerprint density at radius 3 is 2.20 bits per heavy atom. The fourth-order valence-electron chi connectivity index (χ4n) is 1.54. The number of phenolic OH excluding ortho intramolecular Hbond substituents is 2. The third-order valence-corrected chi connectivity index (χ3v) is 2.34. The van der Waals surface area contributed by atoms with Crippen molar-refractivity contribution in [2.45, 2.75) is 0 Å². The number of halogens is 2. The van der Waals surface area contributed by atoms with E-state index in [0.29, 0.717) is 6.07 Å². The van der Waals surface area contributed by atoms with Crippen LogP contribution in [-0.4, -0.2) is 16.2 Å². The molecule has 2 aromatic carbocycles. The normalized spacial score (nSPS) is 10.1. The summed E-state index contributed by atoms with van der Waals surface area (Å²) in [5, 5.41) is 22.9. The maximum absolute atomic E-state index is 13.3. The summed E-state index contributed by atoms with van der Waals surface area (Å²) in [6.07, 6.45) is 0. The van der Waals surface area contributed by atoms with Gasteiger partial charge in [-0.25, -0.2) is 13.6 Å². The van der Waals surface area contributed by atoms with Crippen molar-refractivity contribution in [1.29, 1.82) is 0 Å². The lowest BCUT2D eigenvalue weighted by Gasteiger charge is -2.09. The summed E-state index contributed by atoms with van der Waals surface area (Å²) < 4.78 is 26.0. The molecule has 2 rings (SSSR count). The van der Waals surface area contributed by atoms with Crippen LogP contribution >= 0.6 is 0 Å². The fraction of sp³-hybridized carbons (Fsp3) is 0. The average molecular weight is 280 g/mol. The molecule has 0 aromatic heterocycles. The molecule has 2 amide bonds. The van der Waals surface area contributed by atoms with E-state index in [1.54, 1.807) is 0 Å². The minimum absolute atomic E-state index is 0.113. The maximum atomic E-state index is 13.3. The van der Waals surface area contributed by atoms with E-state index in [0.717, 1.165) is 18.2 Å². The Kier molecular flexibility index (Phi) is 3.69. The molecule has 2 aromatic rings. The third kappa shape index (κ3) is 3.35. The zero-order valence-corrected chi connectivity index (χ0v) is 10.0. The van der Waals surface area contributed by atoms with Crippen LogP contribution in [0.5, 0.6) is 11.5 Å². The Labute approximate surface area is 112 Å². The van der Waals surface area contributed by atoms with Gasteiger partial charge in [0.15, 0.2) is 0 Å². The van der Waals surface area contributed by atoms with Gasteiger partial charge in [-0.1, -0.05) is 0 Å². The number of urea groups is 1. The van der Waals surface area contributed by atoms with Crippen LogP contribution in [0.15, 0.2) is 36.4 Å². The SMILES string of the molecule is O=C(Nc1cc(O)cc(O)c1)Nc1ccc(F)cc1F. The first-order valence-electron chi connectivity index (χ1n) is 5.50. The van der Waals surface area contributed by atoms with E-state index in [-0.39, 0.29) is 22.9 Å². The second-order valence-electron chi connectivity index (χ2n) is 3.94. The number of aromatic hydroxyl groups is 2. The van der Waals surface area contributed by atoms with E-state index in [1.807, 2.05) is 0 Å². The van der Waals surface area contributed by atoms with Gasteiger partial charge in [0.25, 0.3) is 0 Å². The molecule has 0 aliphatic rings. The van der Waals surface area contributed by atoms with Gasteiger partial charge in [-0.05, 0) is 12.1 Å². The van der Waals surface area contributed by atoms with Crippen LogP contribution in [0.25, 0.3) is 0 Å². The number of amides is 2. The Hall–Kier alpha value is -2.83. The number of phenols is 2. The summed E-state index contributed by atoms with van der Waals surface area (Å²) in [4.78, 5) is 11.6. The molecule has 0 aliphatic heterocycles. The largest absolute Gasteiger partial charge is 0.508 e. The van der Waals surface area contributed by atoms with E-state index in [4.69, 9.17) is 0 Å². The molecule has 5 nitrogen and oxygen atoms in total. The highest BCUT2D eigenvalue weighted by atomic mass is 19.1. The van der Waals surface area contributed by atoms with Crippen molar-refractivity contribution in [3.63, 3.8) is 0 Å². The number of anilines is 2. The summed E-state index contributed by atoms with van der Waals surface area (Å²) in [5.41, 5.74) is -0.0872. The smallest absolute Gasteiger partial charge is 0.323 e. The van der Waals surface area contributed by atoms with Gasteiger partial charge in [-0.2, -0.15) is 0 Å². The first kappa shape index (κ1) is 13.6. The Morgan fingerprint density at radius 1 is 0.950 bits per heavy atom. The minimum Gasteiger partial charge on any atom is -0.508 e. The van der Waals surface area contributed by atoms with E-state index in [9.17, 15) is 23.8 Å². The standard InChI is InChI=1S/C13H10F2N2O3/c14-7-1-2-12(11(15)3-7)17-13(20)16-8-4-9(18)6-10(19)5-8/h1-6,18-19H,(H2,16,17,20). The molecule has 0 saturated carbocycles. The molecule has 0 bridgehead atoms. The second kappa shape index (κ2) is 5.43. The molecular weight excluding hydrogens is 270 g/mol. The zero-order chi connectivity index (χ0) is 14.7. The van der Waals surface area contributed by atoms with Gasteiger partial charge in [0.2, 0.25) is 0 Å². The molecule has 4 N–H and O–H groups in total. The van der Waals surface area contributed by atoms with Gasteiger partial charge in [0.1, 0.15) is 23.1 Å². The predicted octanol–water partition coefficient (Wildman–Crippen LogP) is 3.02. The van der Waals surface area contributed by atoms with Crippen molar-refractivity contribution in [3.05, 3.63) is 48.0 Å². The molecule has 0 unspecified atom stereocenters. The molecule has 0 heterocycles. The van der Waals surface area contributed by atoms with Crippen LogP contribution in [0, 0.1) is 11.6 Å². The van der Waals surface area contributed by atoms with Gasteiger partial charge >= 0.3 is 6.03 Å². The molecule has 104 valence electrons. The summed E-state index contributed by atoms with van der Waals surface area (Å²) in [6, 6.07) is 5.38. The van der Waals surface area contributed by atoms with Gasteiger partial charge in [-0.3, -0.25) is 0 Å². The van der Waals surface area contributed by atoms with Gasteiger partial charge < -0.3 is 20.8 Å². The topological polar surface area (TPSA) is 81.6 Å².